The zero-order chi connectivity index (χ0) is 15.4. The number of halogens is 1. The summed E-state index contributed by atoms with van der Waals surface area (Å²) in [5.41, 5.74) is -0.399. The number of benzene rings is 1. The number of aliphatic hydroxyl groups is 2. The molecular formula is C13H19INO3PS. The molecule has 0 bridgehead atoms. The molecule has 0 amide bonds. The molecule has 1 aliphatic heterocycles. The molecule has 1 saturated heterocycles. The van der Waals surface area contributed by atoms with Crippen LogP contribution in [-0.4, -0.2) is 50.7 Å². The third-order valence-corrected chi connectivity index (χ3v) is 5.38. The van der Waals surface area contributed by atoms with E-state index in [1.54, 1.807) is 0 Å². The first-order chi connectivity index (χ1) is 10.1. The number of aliphatic hydroxyl groups excluding tert-OH is 2. The van der Waals surface area contributed by atoms with Gasteiger partial charge in [0.2, 0.25) is 0 Å². The van der Waals surface area contributed by atoms with E-state index in [9.17, 15) is 10.2 Å². The molecule has 0 aliphatic carbocycles. The van der Waals surface area contributed by atoms with Gasteiger partial charge in [0.25, 0.3) is 0 Å². The van der Waals surface area contributed by atoms with E-state index in [1.807, 2.05) is 30.3 Å². The Bertz CT molecular complexity index is 447. The van der Waals surface area contributed by atoms with E-state index in [4.69, 9.17) is 6.15 Å². The molecule has 1 aromatic carbocycles. The fourth-order valence-electron chi connectivity index (χ4n) is 2.09. The van der Waals surface area contributed by atoms with Crippen LogP contribution in [0.15, 0.2) is 35.2 Å². The number of nitrogens with one attached hydrogen (secondary N) is 1. The van der Waals surface area contributed by atoms with E-state index in [0.29, 0.717) is 10.7 Å². The van der Waals surface area contributed by atoms with Gasteiger partial charge in [0.15, 0.2) is 0 Å². The quantitative estimate of drug-likeness (QED) is 0.376. The van der Waals surface area contributed by atoms with Crippen LogP contribution in [0.2, 0.25) is 1.41 Å². The summed E-state index contributed by atoms with van der Waals surface area (Å²) in [5, 5.41) is 21.8. The van der Waals surface area contributed by atoms with Crippen molar-refractivity contribution >= 4 is 43.6 Å². The molecule has 1 aromatic rings. The minimum atomic E-state index is -1.00. The molecule has 3 unspecified atom stereocenters. The monoisotopic (exact) mass is 429 g/mol. The maximum Gasteiger partial charge on any atom is 0.126 e. The van der Waals surface area contributed by atoms with Gasteiger partial charge in [-0.05, 0) is 12.1 Å². The van der Waals surface area contributed by atoms with E-state index >= 15 is 0 Å². The van der Waals surface area contributed by atoms with Crippen LogP contribution in [0.5, 0.6) is 0 Å². The van der Waals surface area contributed by atoms with E-state index in [-0.39, 0.29) is 0 Å². The van der Waals surface area contributed by atoms with Crippen LogP contribution in [0.1, 0.15) is 0 Å². The molecule has 1 aliphatic rings. The van der Waals surface area contributed by atoms with E-state index < -0.39 is 29.8 Å². The first-order valence-corrected chi connectivity index (χ1v) is 9.55. The predicted octanol–water partition coefficient (Wildman–Crippen LogP) is 1.45. The summed E-state index contributed by atoms with van der Waals surface area (Å²) in [4.78, 5) is 1.01. The average molecular weight is 429 g/mol. The Morgan fingerprint density at radius 3 is 2.65 bits per heavy atom. The summed E-state index contributed by atoms with van der Waals surface area (Å²) in [6.45, 7) is 0. The second kappa shape index (κ2) is 8.27. The summed E-state index contributed by atoms with van der Waals surface area (Å²) in [5.74, 6) is 0. The molecule has 0 aromatic heterocycles. The van der Waals surface area contributed by atoms with Crippen molar-refractivity contribution < 1.29 is 16.4 Å². The van der Waals surface area contributed by atoms with Crippen LogP contribution in [0.4, 0.5) is 0 Å². The second-order valence-corrected chi connectivity index (χ2v) is 6.88. The fraction of sp³-hybridized carbons (Fsp3) is 0.538. The van der Waals surface area contributed by atoms with Crippen molar-refractivity contribution in [1.29, 1.82) is 0 Å². The third-order valence-electron chi connectivity index (χ3n) is 3.13. The molecule has 1 fully saturated rings. The van der Waals surface area contributed by atoms with Crippen LogP contribution < -0.4 is 5.31 Å². The van der Waals surface area contributed by atoms with Crippen molar-refractivity contribution in [3.05, 3.63) is 30.3 Å². The normalized spacial score (nSPS) is 35.0. The number of hydrogen-bond donors (Lipinski definition) is 3. The van der Waals surface area contributed by atoms with Gasteiger partial charge in [-0.2, -0.15) is 0 Å². The van der Waals surface area contributed by atoms with Gasteiger partial charge in [-0.1, -0.05) is 52.6 Å². The van der Waals surface area contributed by atoms with Crippen molar-refractivity contribution in [1.82, 2.24) is 5.31 Å². The maximum atomic E-state index is 10.4. The molecule has 0 spiro atoms. The Labute approximate surface area is 140 Å². The topological polar surface area (TPSA) is 61.7 Å². The minimum absolute atomic E-state index is 0.374. The first-order valence-electron chi connectivity index (χ1n) is 6.78. The van der Waals surface area contributed by atoms with Crippen LogP contribution in [0.25, 0.3) is 0 Å². The number of hydrogen-bond acceptors (Lipinski definition) is 5. The molecule has 2 rings (SSSR count). The van der Waals surface area contributed by atoms with Crippen LogP contribution in [0.3, 0.4) is 0 Å². The van der Waals surface area contributed by atoms with Gasteiger partial charge in [-0.15, -0.1) is 9.24 Å². The molecule has 112 valence electrons. The molecule has 0 saturated carbocycles. The molecular weight excluding hydrogens is 408 g/mol. The highest BCUT2D eigenvalue weighted by Crippen LogP contribution is 2.33. The maximum absolute atomic E-state index is 10.4. The van der Waals surface area contributed by atoms with Crippen LogP contribution in [0, 0.1) is 0 Å². The van der Waals surface area contributed by atoms with E-state index in [2.05, 4.69) is 31.8 Å². The highest BCUT2D eigenvalue weighted by atomic mass is 127. The fourth-order valence-corrected chi connectivity index (χ4v) is 4.23. The largest absolute Gasteiger partial charge is 0.389 e. The smallest absolute Gasteiger partial charge is 0.126 e. The molecule has 7 heteroatoms. The van der Waals surface area contributed by atoms with Crippen molar-refractivity contribution in [2.24, 2.45) is 0 Å². The minimum Gasteiger partial charge on any atom is -0.389 e. The van der Waals surface area contributed by atoms with Crippen molar-refractivity contribution in [3.63, 3.8) is 0 Å². The van der Waals surface area contributed by atoms with Gasteiger partial charge >= 0.3 is 0 Å². The Hall–Kier alpha value is 0.570. The van der Waals surface area contributed by atoms with Gasteiger partial charge in [-0.3, -0.25) is 0 Å². The van der Waals surface area contributed by atoms with Crippen LogP contribution >= 0.6 is 43.6 Å². The third kappa shape index (κ3) is 4.06. The lowest BCUT2D eigenvalue weighted by Gasteiger charge is -2.42. The lowest BCUT2D eigenvalue weighted by Crippen LogP contribution is -2.61. The molecule has 3 N–H and O–H groups in total. The number of rotatable bonds is 5. The summed E-state index contributed by atoms with van der Waals surface area (Å²) < 4.78 is 14.5. The Morgan fingerprint density at radius 1 is 1.35 bits per heavy atom. The lowest BCUT2D eigenvalue weighted by molar-refractivity contribution is -0.150. The van der Waals surface area contributed by atoms with Gasteiger partial charge < -0.3 is 20.3 Å². The molecule has 1 heterocycles. The van der Waals surface area contributed by atoms with E-state index in [1.165, 1.54) is 17.1 Å². The Kier molecular flexibility index (Phi) is 6.39. The zero-order valence-corrected chi connectivity index (χ0v) is 14.9. The summed E-state index contributed by atoms with van der Waals surface area (Å²) in [6, 6.07) is 9.18. The molecule has 4 nitrogen and oxygen atoms in total. The Morgan fingerprint density at radius 2 is 2.05 bits per heavy atom. The Balaban J connectivity index is 2.20. The van der Waals surface area contributed by atoms with Gasteiger partial charge in [0.1, 0.15) is 19.1 Å². The first kappa shape index (κ1) is 15.5. The number of alkyl halides is 1. The second-order valence-electron chi connectivity index (χ2n) is 4.47. The SMILES string of the molecule is [3H]N(CP)C1[C@@H](O)[C@@H](O)C(CI)O[C@H]1Sc1ccccc1. The van der Waals surface area contributed by atoms with Crippen LogP contribution in [-0.2, 0) is 4.74 Å². The van der Waals surface area contributed by atoms with Gasteiger partial charge in [-0.25, -0.2) is 0 Å². The lowest BCUT2D eigenvalue weighted by atomic mass is 9.99. The number of thioether (sulfide) groups is 1. The van der Waals surface area contributed by atoms with Crippen molar-refractivity contribution in [2.45, 2.75) is 34.7 Å². The molecule has 20 heavy (non-hydrogen) atoms. The van der Waals surface area contributed by atoms with Gasteiger partial charge in [0, 0.05) is 15.6 Å². The molecule has 0 radical (unpaired) electrons. The highest BCUT2D eigenvalue weighted by Gasteiger charge is 2.43. The number of ether oxygens (including phenoxy) is 1. The highest BCUT2D eigenvalue weighted by molar-refractivity contribution is 14.1. The molecule has 6 atom stereocenters. The van der Waals surface area contributed by atoms with Crippen molar-refractivity contribution in [2.75, 3.05) is 10.7 Å². The summed E-state index contributed by atoms with van der Waals surface area (Å²) in [7, 11) is 2.46. The average Bonchev–Trinajstić information content (AvgIpc) is 2.51. The predicted molar refractivity (Wildman–Crippen MR) is 93.4 cm³/mol. The summed E-state index contributed by atoms with van der Waals surface area (Å²) >= 11 is 3.61. The summed E-state index contributed by atoms with van der Waals surface area (Å²) in [6.07, 6.45) is -2.02. The standard InChI is InChI=1S/C13H19INO3PS/c14-6-9-11(16)12(17)10(15-7-19)13(18-9)20-8-4-2-1-3-5-8/h1-5,9-13,15-17H,6-7,19H2/t9?,10?,11-,12+,13-/m0/s1/i/hT. The zero-order valence-electron chi connectivity index (χ0n) is 11.8. The van der Waals surface area contributed by atoms with Crippen molar-refractivity contribution in [3.8, 4) is 0 Å². The van der Waals surface area contributed by atoms with E-state index in [0.717, 1.165) is 4.90 Å². The van der Waals surface area contributed by atoms with Gasteiger partial charge in [0.05, 0.1) is 12.1 Å².